The Labute approximate surface area is 231 Å². The molecule has 208 valence electrons. The molecule has 4 aromatic rings. The first-order valence-electron chi connectivity index (χ1n) is 13.0. The summed E-state index contributed by atoms with van der Waals surface area (Å²) in [4.78, 5) is 49.6. The maximum absolute atomic E-state index is 13.3. The van der Waals surface area contributed by atoms with Crippen molar-refractivity contribution in [1.29, 1.82) is 0 Å². The van der Waals surface area contributed by atoms with Crippen LogP contribution in [0.1, 0.15) is 21.6 Å². The van der Waals surface area contributed by atoms with E-state index >= 15 is 0 Å². The Hall–Kier alpha value is -4.64. The van der Waals surface area contributed by atoms with Gasteiger partial charge in [-0.15, -0.1) is 0 Å². The van der Waals surface area contributed by atoms with Gasteiger partial charge in [0.25, 0.3) is 11.5 Å². The third-order valence-corrected chi connectivity index (χ3v) is 7.22. The number of pyridine rings is 1. The van der Waals surface area contributed by atoms with E-state index in [9.17, 15) is 14.4 Å². The number of nitrogens with one attached hydrogen (secondary N) is 2. The number of benzene rings is 2. The second kappa shape index (κ2) is 11.6. The molecule has 11 heteroatoms. The molecule has 2 aromatic heterocycles. The van der Waals surface area contributed by atoms with Gasteiger partial charge in [-0.1, -0.05) is 6.07 Å². The highest BCUT2D eigenvalue weighted by Crippen LogP contribution is 2.25. The number of carbonyl (C=O) groups is 1. The van der Waals surface area contributed by atoms with Gasteiger partial charge in [-0.05, 0) is 42.0 Å². The lowest BCUT2D eigenvalue weighted by atomic mass is 10.1. The molecule has 0 spiro atoms. The smallest absolute Gasteiger partial charge is 0.329 e. The molecule has 0 radical (unpaired) electrons. The zero-order valence-electron chi connectivity index (χ0n) is 22.8. The van der Waals surface area contributed by atoms with Crippen LogP contribution in [0.25, 0.3) is 10.9 Å². The van der Waals surface area contributed by atoms with Gasteiger partial charge >= 0.3 is 5.69 Å². The first-order valence-corrected chi connectivity index (χ1v) is 13.0. The summed E-state index contributed by atoms with van der Waals surface area (Å²) in [5, 5.41) is 3.03. The Morgan fingerprint density at radius 1 is 0.975 bits per heavy atom. The second-order valence-corrected chi connectivity index (χ2v) is 9.62. The van der Waals surface area contributed by atoms with E-state index in [-0.39, 0.29) is 18.0 Å². The van der Waals surface area contributed by atoms with Crippen LogP contribution in [-0.4, -0.2) is 72.8 Å². The molecule has 0 unspecified atom stereocenters. The number of ether oxygens (including phenoxy) is 2. The minimum atomic E-state index is -0.475. The van der Waals surface area contributed by atoms with Crippen molar-refractivity contribution in [2.24, 2.45) is 0 Å². The van der Waals surface area contributed by atoms with Crippen LogP contribution in [0.2, 0.25) is 0 Å². The van der Waals surface area contributed by atoms with Gasteiger partial charge in [-0.25, -0.2) is 9.78 Å². The Morgan fingerprint density at radius 2 is 1.77 bits per heavy atom. The Kier molecular flexibility index (Phi) is 7.83. The number of amides is 1. The van der Waals surface area contributed by atoms with Crippen LogP contribution in [-0.2, 0) is 13.1 Å². The number of piperazine rings is 1. The lowest BCUT2D eigenvalue weighted by molar-refractivity contribution is 0.0958. The van der Waals surface area contributed by atoms with Gasteiger partial charge in [0.05, 0.1) is 43.6 Å². The van der Waals surface area contributed by atoms with Gasteiger partial charge in [0, 0.05) is 51.4 Å². The van der Waals surface area contributed by atoms with Gasteiger partial charge < -0.3 is 24.7 Å². The maximum Gasteiger partial charge on any atom is 0.329 e. The lowest BCUT2D eigenvalue weighted by Gasteiger charge is -2.36. The second-order valence-electron chi connectivity index (χ2n) is 9.62. The minimum absolute atomic E-state index is 0.0767. The summed E-state index contributed by atoms with van der Waals surface area (Å²) in [5.74, 6) is 0.964. The molecule has 5 rings (SSSR count). The number of anilines is 1. The van der Waals surface area contributed by atoms with Crippen molar-refractivity contribution in [3.63, 3.8) is 0 Å². The molecule has 0 saturated carbocycles. The van der Waals surface area contributed by atoms with Crippen LogP contribution < -0.4 is 30.9 Å². The van der Waals surface area contributed by atoms with Crippen molar-refractivity contribution in [1.82, 2.24) is 24.8 Å². The zero-order valence-corrected chi connectivity index (χ0v) is 22.8. The standard InChI is InChI=1S/C29H32N6O5/c1-30-27(36)24-9-6-21(16-31-24)34-12-10-33(11-13-34)17-19-4-8-23-25(14-19)32-29(38)35(28(23)37)18-20-5-7-22(39-2)15-26(20)40-3/h4-9,14-16H,10-13,17-18H2,1-3H3,(H,30,36)(H,32,38). The van der Waals surface area contributed by atoms with Crippen LogP contribution >= 0.6 is 0 Å². The van der Waals surface area contributed by atoms with E-state index in [4.69, 9.17) is 9.47 Å². The average molecular weight is 545 g/mol. The number of nitrogens with zero attached hydrogens (tertiary/aromatic N) is 4. The average Bonchev–Trinajstić information content (AvgIpc) is 2.99. The summed E-state index contributed by atoms with van der Waals surface area (Å²) in [5.41, 5.74) is 2.79. The van der Waals surface area contributed by atoms with Crippen molar-refractivity contribution < 1.29 is 14.3 Å². The number of H-pyrrole nitrogens is 1. The SMILES string of the molecule is CNC(=O)c1ccc(N2CCN(Cc3ccc4c(=O)n(Cc5ccc(OC)cc5OC)c(=O)[nH]c4c3)CC2)cn1. The van der Waals surface area contributed by atoms with E-state index in [2.05, 4.69) is 25.1 Å². The summed E-state index contributed by atoms with van der Waals surface area (Å²) in [6, 6.07) is 14.5. The topological polar surface area (TPSA) is 122 Å². The van der Waals surface area contributed by atoms with E-state index in [1.54, 1.807) is 50.7 Å². The normalized spacial score (nSPS) is 13.8. The molecule has 1 aliphatic heterocycles. The number of hydrogen-bond acceptors (Lipinski definition) is 8. The highest BCUT2D eigenvalue weighted by molar-refractivity contribution is 5.92. The van der Waals surface area contributed by atoms with Gasteiger partial charge in [0.15, 0.2) is 0 Å². The van der Waals surface area contributed by atoms with E-state index in [0.717, 1.165) is 37.4 Å². The number of aromatic nitrogens is 3. The number of fused-ring (bicyclic) bond motifs is 1. The Bertz CT molecular complexity index is 1640. The molecular formula is C29H32N6O5. The number of aromatic amines is 1. The number of carbonyl (C=O) groups excluding carboxylic acids is 1. The molecule has 0 atom stereocenters. The lowest BCUT2D eigenvalue weighted by Crippen LogP contribution is -2.46. The first-order chi connectivity index (χ1) is 19.4. The predicted molar refractivity (Wildman–Crippen MR) is 153 cm³/mol. The van der Waals surface area contributed by atoms with Gasteiger partial charge in [-0.2, -0.15) is 0 Å². The quantitative estimate of drug-likeness (QED) is 0.345. The van der Waals surface area contributed by atoms with Crippen molar-refractivity contribution in [3.8, 4) is 11.5 Å². The van der Waals surface area contributed by atoms with E-state index in [1.807, 2.05) is 18.2 Å². The molecule has 0 bridgehead atoms. The van der Waals surface area contributed by atoms with Crippen LogP contribution in [0.3, 0.4) is 0 Å². The van der Waals surface area contributed by atoms with Crippen molar-refractivity contribution >= 4 is 22.5 Å². The molecule has 0 aliphatic carbocycles. The van der Waals surface area contributed by atoms with E-state index in [0.29, 0.717) is 40.2 Å². The summed E-state index contributed by atoms with van der Waals surface area (Å²) in [6.07, 6.45) is 1.73. The first kappa shape index (κ1) is 26.9. The minimum Gasteiger partial charge on any atom is -0.497 e. The fraction of sp³-hybridized carbons (Fsp3) is 0.310. The van der Waals surface area contributed by atoms with Crippen LogP contribution in [0.15, 0.2) is 64.3 Å². The molecule has 2 aromatic carbocycles. The molecule has 11 nitrogen and oxygen atoms in total. The highest BCUT2D eigenvalue weighted by Gasteiger charge is 2.19. The van der Waals surface area contributed by atoms with Gasteiger partial charge in [0.1, 0.15) is 17.2 Å². The van der Waals surface area contributed by atoms with Crippen LogP contribution in [0, 0.1) is 0 Å². The Morgan fingerprint density at radius 3 is 2.45 bits per heavy atom. The fourth-order valence-corrected chi connectivity index (χ4v) is 4.95. The molecule has 1 saturated heterocycles. The number of rotatable bonds is 8. The molecule has 2 N–H and O–H groups in total. The van der Waals surface area contributed by atoms with Crippen molar-refractivity contribution in [2.75, 3.05) is 52.3 Å². The monoisotopic (exact) mass is 544 g/mol. The molecule has 1 fully saturated rings. The van der Waals surface area contributed by atoms with E-state index in [1.165, 1.54) is 11.7 Å². The largest absolute Gasteiger partial charge is 0.497 e. The third-order valence-electron chi connectivity index (χ3n) is 7.22. The Balaban J connectivity index is 1.27. The summed E-state index contributed by atoms with van der Waals surface area (Å²) in [7, 11) is 4.69. The van der Waals surface area contributed by atoms with Crippen molar-refractivity contribution in [2.45, 2.75) is 13.1 Å². The molecular weight excluding hydrogens is 512 g/mol. The summed E-state index contributed by atoms with van der Waals surface area (Å²) in [6.45, 7) is 4.11. The maximum atomic E-state index is 13.3. The molecule has 3 heterocycles. The molecule has 1 amide bonds. The zero-order chi connectivity index (χ0) is 28.2. The highest BCUT2D eigenvalue weighted by atomic mass is 16.5. The van der Waals surface area contributed by atoms with Gasteiger partial charge in [0.2, 0.25) is 0 Å². The van der Waals surface area contributed by atoms with Gasteiger partial charge in [-0.3, -0.25) is 19.1 Å². The summed E-state index contributed by atoms with van der Waals surface area (Å²) < 4.78 is 11.8. The predicted octanol–water partition coefficient (Wildman–Crippen LogP) is 1.83. The molecule has 1 aliphatic rings. The number of methoxy groups -OCH3 is 2. The van der Waals surface area contributed by atoms with E-state index < -0.39 is 5.69 Å². The van der Waals surface area contributed by atoms with Crippen LogP contribution in [0.4, 0.5) is 5.69 Å². The van der Waals surface area contributed by atoms with Crippen LogP contribution in [0.5, 0.6) is 11.5 Å². The van der Waals surface area contributed by atoms with Crippen molar-refractivity contribution in [3.05, 3.63) is 92.4 Å². The number of hydrogen-bond donors (Lipinski definition) is 2. The molecule has 40 heavy (non-hydrogen) atoms. The third kappa shape index (κ3) is 5.55. The fourth-order valence-electron chi connectivity index (χ4n) is 4.95. The summed E-state index contributed by atoms with van der Waals surface area (Å²) >= 11 is 0.